The number of esters is 1. The minimum atomic E-state index is -6.31. The molecule has 0 aliphatic carbocycles. The maximum absolute atomic E-state index is 12.6. The Morgan fingerprint density at radius 1 is 1.24 bits per heavy atom. The van der Waals surface area contributed by atoms with Crippen LogP contribution in [0.3, 0.4) is 0 Å². The van der Waals surface area contributed by atoms with Crippen LogP contribution in [-0.2, 0) is 26.4 Å². The highest BCUT2D eigenvalue weighted by Gasteiger charge is 2.55. The van der Waals surface area contributed by atoms with Crippen LogP contribution in [0.15, 0.2) is 30.3 Å². The number of ether oxygens (including phenoxy) is 1. The molecule has 0 heterocycles. The number of benzene rings is 1. The highest BCUT2D eigenvalue weighted by molar-refractivity contribution is 7.88. The van der Waals surface area contributed by atoms with Crippen molar-refractivity contribution in [2.24, 2.45) is 0 Å². The van der Waals surface area contributed by atoms with Crippen molar-refractivity contribution in [3.05, 3.63) is 35.9 Å². The Bertz CT molecular complexity index is 498. The quantitative estimate of drug-likeness (QED) is 0.615. The van der Waals surface area contributed by atoms with Crippen LogP contribution in [0.2, 0.25) is 0 Å². The Labute approximate surface area is 95.2 Å². The van der Waals surface area contributed by atoms with Gasteiger partial charge in [0.05, 0.1) is 0 Å². The monoisotopic (exact) mass is 268 g/mol. The summed E-state index contributed by atoms with van der Waals surface area (Å²) < 4.78 is 61.2. The van der Waals surface area contributed by atoms with Gasteiger partial charge in [0.1, 0.15) is 6.61 Å². The molecule has 0 N–H and O–H groups in total. The summed E-state index contributed by atoms with van der Waals surface area (Å²) in [7, 11) is -6.31. The molecule has 0 saturated heterocycles. The van der Waals surface area contributed by atoms with Crippen LogP contribution >= 0.6 is 0 Å². The molecule has 94 valence electrons. The third-order valence-corrected chi connectivity index (χ3v) is 2.54. The first kappa shape index (κ1) is 13.5. The van der Waals surface area contributed by atoms with E-state index in [0.717, 1.165) is 0 Å². The number of carbonyl (C=O) groups is 1. The first-order valence-corrected chi connectivity index (χ1v) is 5.66. The first-order valence-electron chi connectivity index (χ1n) is 4.28. The van der Waals surface area contributed by atoms with Gasteiger partial charge in [0.15, 0.2) is 0 Å². The number of alkyl halides is 2. The second-order valence-electron chi connectivity index (χ2n) is 3.02. The Morgan fingerprint density at radius 3 is 2.24 bits per heavy atom. The summed E-state index contributed by atoms with van der Waals surface area (Å²) in [5, 5.41) is -5.18. The summed E-state index contributed by atoms with van der Waals surface area (Å²) in [4.78, 5) is 10.7. The predicted octanol–water partition coefficient (Wildman–Crippen LogP) is 1.62. The third kappa shape index (κ3) is 3.19. The molecule has 0 bridgehead atoms. The lowest BCUT2D eigenvalue weighted by atomic mass is 10.2. The van der Waals surface area contributed by atoms with Gasteiger partial charge in [0, 0.05) is 0 Å². The van der Waals surface area contributed by atoms with Crippen molar-refractivity contribution in [1.82, 2.24) is 0 Å². The van der Waals surface area contributed by atoms with E-state index in [4.69, 9.17) is 0 Å². The fraction of sp³-hybridized carbons (Fsp3) is 0.222. The lowest BCUT2D eigenvalue weighted by molar-refractivity contribution is -0.162. The number of halogens is 3. The molecular formula is C9H7F3O4S. The van der Waals surface area contributed by atoms with Crippen molar-refractivity contribution in [2.45, 2.75) is 11.9 Å². The zero-order valence-electron chi connectivity index (χ0n) is 8.27. The predicted molar refractivity (Wildman–Crippen MR) is 51.2 cm³/mol. The first-order chi connectivity index (χ1) is 7.75. The molecule has 0 aromatic heterocycles. The van der Waals surface area contributed by atoms with E-state index in [9.17, 15) is 25.9 Å². The molecule has 0 aliphatic heterocycles. The molecule has 17 heavy (non-hydrogen) atoms. The molecule has 0 atom stereocenters. The van der Waals surface area contributed by atoms with Crippen LogP contribution in [0.4, 0.5) is 12.7 Å². The van der Waals surface area contributed by atoms with E-state index in [-0.39, 0.29) is 0 Å². The zero-order valence-corrected chi connectivity index (χ0v) is 9.09. The van der Waals surface area contributed by atoms with Crippen LogP contribution in [0, 0.1) is 0 Å². The van der Waals surface area contributed by atoms with Crippen LogP contribution in [0.1, 0.15) is 5.56 Å². The van der Waals surface area contributed by atoms with E-state index < -0.39 is 28.1 Å². The Kier molecular flexibility index (Phi) is 3.76. The van der Waals surface area contributed by atoms with Gasteiger partial charge in [-0.25, -0.2) is 4.79 Å². The summed E-state index contributed by atoms with van der Waals surface area (Å²) in [6, 6.07) is 7.71. The van der Waals surface area contributed by atoms with Crippen molar-refractivity contribution >= 4 is 16.2 Å². The van der Waals surface area contributed by atoms with Gasteiger partial charge >= 0.3 is 21.4 Å². The fourth-order valence-electron chi connectivity index (χ4n) is 0.907. The van der Waals surface area contributed by atoms with Gasteiger partial charge in [-0.15, -0.1) is 0 Å². The highest BCUT2D eigenvalue weighted by Crippen LogP contribution is 2.25. The minimum absolute atomic E-state index is 0.368. The summed E-state index contributed by atoms with van der Waals surface area (Å²) >= 11 is 0. The number of hydrogen-bond acceptors (Lipinski definition) is 4. The second-order valence-corrected chi connectivity index (χ2v) is 4.40. The van der Waals surface area contributed by atoms with E-state index >= 15 is 0 Å². The lowest BCUT2D eigenvalue weighted by Crippen LogP contribution is -2.36. The number of hydrogen-bond donors (Lipinski definition) is 0. The molecule has 0 amide bonds. The Balaban J connectivity index is 2.69. The molecule has 1 aromatic carbocycles. The largest absolute Gasteiger partial charge is 0.470 e. The van der Waals surface area contributed by atoms with E-state index in [1.165, 1.54) is 12.1 Å². The average molecular weight is 268 g/mol. The van der Waals surface area contributed by atoms with Gasteiger partial charge in [-0.3, -0.25) is 0 Å². The van der Waals surface area contributed by atoms with Crippen molar-refractivity contribution in [3.8, 4) is 0 Å². The molecule has 1 rings (SSSR count). The average Bonchev–Trinajstić information content (AvgIpc) is 2.25. The van der Waals surface area contributed by atoms with E-state index in [2.05, 4.69) is 4.74 Å². The molecule has 0 radical (unpaired) electrons. The molecule has 0 spiro atoms. The SMILES string of the molecule is O=C(OCc1ccccc1)C(F)(F)S(=O)(=O)F. The van der Waals surface area contributed by atoms with Crippen molar-refractivity contribution in [3.63, 3.8) is 0 Å². The topological polar surface area (TPSA) is 60.4 Å². The Hall–Kier alpha value is -1.57. The summed E-state index contributed by atoms with van der Waals surface area (Å²) in [6.07, 6.45) is 0. The molecule has 0 aliphatic rings. The number of carbonyl (C=O) groups excluding carboxylic acids is 1. The normalized spacial score (nSPS) is 12.2. The van der Waals surface area contributed by atoms with Crippen molar-refractivity contribution in [1.29, 1.82) is 0 Å². The van der Waals surface area contributed by atoms with Crippen LogP contribution < -0.4 is 0 Å². The lowest BCUT2D eigenvalue weighted by Gasteiger charge is -2.10. The summed E-state index contributed by atoms with van der Waals surface area (Å²) in [5.74, 6) is -2.44. The van der Waals surface area contributed by atoms with Crippen LogP contribution in [0.25, 0.3) is 0 Å². The molecular weight excluding hydrogens is 261 g/mol. The maximum atomic E-state index is 12.6. The summed E-state index contributed by atoms with van der Waals surface area (Å²) in [6.45, 7) is -0.565. The maximum Gasteiger partial charge on any atom is 0.470 e. The van der Waals surface area contributed by atoms with Crippen molar-refractivity contribution < 1.29 is 30.6 Å². The minimum Gasteiger partial charge on any atom is -0.455 e. The molecule has 0 saturated carbocycles. The van der Waals surface area contributed by atoms with Crippen LogP contribution in [-0.4, -0.2) is 19.6 Å². The molecule has 8 heteroatoms. The van der Waals surface area contributed by atoms with Crippen molar-refractivity contribution in [2.75, 3.05) is 0 Å². The van der Waals surface area contributed by atoms with Gasteiger partial charge in [0.25, 0.3) is 0 Å². The standard InChI is InChI=1S/C9H7F3O4S/c10-9(11,17(12,14)15)8(13)16-6-7-4-2-1-3-5-7/h1-5H,6H2. The van der Waals surface area contributed by atoms with Gasteiger partial charge in [-0.2, -0.15) is 17.2 Å². The molecule has 1 aromatic rings. The third-order valence-electron chi connectivity index (χ3n) is 1.76. The fourth-order valence-corrected chi connectivity index (χ4v) is 1.16. The molecule has 0 fully saturated rings. The van der Waals surface area contributed by atoms with Gasteiger partial charge < -0.3 is 4.74 Å². The van der Waals surface area contributed by atoms with E-state index in [0.29, 0.717) is 5.56 Å². The smallest absolute Gasteiger partial charge is 0.455 e. The summed E-state index contributed by atoms with van der Waals surface area (Å²) in [5.41, 5.74) is 0.368. The van der Waals surface area contributed by atoms with Gasteiger partial charge in [-0.05, 0) is 5.56 Å². The van der Waals surface area contributed by atoms with Crippen LogP contribution in [0.5, 0.6) is 0 Å². The highest BCUT2D eigenvalue weighted by atomic mass is 32.3. The Morgan fingerprint density at radius 2 is 1.76 bits per heavy atom. The van der Waals surface area contributed by atoms with Gasteiger partial charge in [-0.1, -0.05) is 34.2 Å². The van der Waals surface area contributed by atoms with E-state index in [1.54, 1.807) is 18.2 Å². The zero-order chi connectivity index (χ0) is 13.1. The number of rotatable bonds is 4. The molecule has 4 nitrogen and oxygen atoms in total. The molecule has 0 unspecified atom stereocenters. The second kappa shape index (κ2) is 4.74. The van der Waals surface area contributed by atoms with Gasteiger partial charge in [0.2, 0.25) is 0 Å². The van der Waals surface area contributed by atoms with E-state index in [1.807, 2.05) is 0 Å².